The molecule has 1 saturated carbocycles. The largest absolute Gasteiger partial charge is 0.396 e. The number of hydrogen-bond acceptors (Lipinski definition) is 2. The maximum atomic E-state index is 9.24. The maximum absolute atomic E-state index is 9.24. The molecule has 2 nitrogen and oxygen atoms in total. The van der Waals surface area contributed by atoms with Crippen LogP contribution in [-0.2, 0) is 0 Å². The van der Waals surface area contributed by atoms with Crippen LogP contribution in [0.25, 0.3) is 0 Å². The summed E-state index contributed by atoms with van der Waals surface area (Å²) in [4.78, 5) is 0. The number of halogens is 1. The standard InChI is InChI=1S/C12H16ClNO/c13-11-3-1-9(2-4-11)10-5-12(6-10,7-14)8-15/h1-4,10,15H,5-8,14H2. The number of aliphatic hydroxyl groups is 1. The number of nitrogens with two attached hydrogens (primary N) is 1. The van der Waals surface area contributed by atoms with E-state index in [1.807, 2.05) is 12.1 Å². The number of rotatable bonds is 3. The van der Waals surface area contributed by atoms with E-state index in [9.17, 15) is 5.11 Å². The van der Waals surface area contributed by atoms with Crippen LogP contribution >= 0.6 is 11.6 Å². The molecule has 0 bridgehead atoms. The number of hydrogen-bond donors (Lipinski definition) is 2. The van der Waals surface area contributed by atoms with Gasteiger partial charge in [0.25, 0.3) is 0 Å². The lowest BCUT2D eigenvalue weighted by molar-refractivity contribution is 0.0337. The summed E-state index contributed by atoms with van der Waals surface area (Å²) in [7, 11) is 0. The molecule has 0 radical (unpaired) electrons. The molecular formula is C12H16ClNO. The molecule has 1 aromatic carbocycles. The lowest BCUT2D eigenvalue weighted by atomic mass is 9.60. The van der Waals surface area contributed by atoms with Gasteiger partial charge in [-0.15, -0.1) is 0 Å². The third-order valence-electron chi connectivity index (χ3n) is 3.47. The molecule has 2 rings (SSSR count). The van der Waals surface area contributed by atoms with Crippen LogP contribution in [0.15, 0.2) is 24.3 Å². The highest BCUT2D eigenvalue weighted by atomic mass is 35.5. The van der Waals surface area contributed by atoms with Gasteiger partial charge in [0, 0.05) is 23.6 Å². The van der Waals surface area contributed by atoms with Gasteiger partial charge < -0.3 is 10.8 Å². The van der Waals surface area contributed by atoms with E-state index in [-0.39, 0.29) is 12.0 Å². The normalized spacial score (nSPS) is 29.9. The van der Waals surface area contributed by atoms with Gasteiger partial charge in [0.05, 0.1) is 0 Å². The zero-order valence-electron chi connectivity index (χ0n) is 8.62. The average molecular weight is 226 g/mol. The molecule has 0 heterocycles. The van der Waals surface area contributed by atoms with Crippen LogP contribution in [0.4, 0.5) is 0 Å². The molecule has 0 amide bonds. The van der Waals surface area contributed by atoms with Crippen LogP contribution in [0, 0.1) is 5.41 Å². The molecule has 0 unspecified atom stereocenters. The Labute approximate surface area is 95.1 Å². The van der Waals surface area contributed by atoms with Crippen LogP contribution in [0.2, 0.25) is 5.02 Å². The van der Waals surface area contributed by atoms with Crippen molar-refractivity contribution in [2.75, 3.05) is 13.2 Å². The molecule has 15 heavy (non-hydrogen) atoms. The molecule has 1 aliphatic carbocycles. The smallest absolute Gasteiger partial charge is 0.0499 e. The Morgan fingerprint density at radius 1 is 1.33 bits per heavy atom. The van der Waals surface area contributed by atoms with E-state index in [0.29, 0.717) is 12.5 Å². The van der Waals surface area contributed by atoms with Gasteiger partial charge in [-0.25, -0.2) is 0 Å². The second-order valence-corrected chi connectivity index (χ2v) is 4.96. The third kappa shape index (κ3) is 2.03. The van der Waals surface area contributed by atoms with E-state index in [4.69, 9.17) is 17.3 Å². The summed E-state index contributed by atoms with van der Waals surface area (Å²) in [5.74, 6) is 0.540. The minimum atomic E-state index is -0.0235. The Kier molecular flexibility index (Phi) is 3.01. The minimum absolute atomic E-state index is 0.0235. The predicted molar refractivity (Wildman–Crippen MR) is 62.0 cm³/mol. The summed E-state index contributed by atoms with van der Waals surface area (Å²) < 4.78 is 0. The molecule has 0 spiro atoms. The van der Waals surface area contributed by atoms with E-state index in [2.05, 4.69) is 12.1 Å². The second-order valence-electron chi connectivity index (χ2n) is 4.52. The Morgan fingerprint density at radius 3 is 2.40 bits per heavy atom. The van der Waals surface area contributed by atoms with Gasteiger partial charge in [0.2, 0.25) is 0 Å². The molecule has 3 N–H and O–H groups in total. The fourth-order valence-corrected chi connectivity index (χ4v) is 2.44. The lowest BCUT2D eigenvalue weighted by Gasteiger charge is -2.46. The first kappa shape index (κ1) is 10.9. The highest BCUT2D eigenvalue weighted by molar-refractivity contribution is 6.30. The molecule has 1 aliphatic rings. The summed E-state index contributed by atoms with van der Waals surface area (Å²) >= 11 is 5.83. The fourth-order valence-electron chi connectivity index (χ4n) is 2.32. The van der Waals surface area contributed by atoms with Crippen molar-refractivity contribution in [3.63, 3.8) is 0 Å². The van der Waals surface area contributed by atoms with Crippen LogP contribution in [0.3, 0.4) is 0 Å². The van der Waals surface area contributed by atoms with Gasteiger partial charge >= 0.3 is 0 Å². The van der Waals surface area contributed by atoms with Crippen molar-refractivity contribution in [1.29, 1.82) is 0 Å². The van der Waals surface area contributed by atoms with Crippen LogP contribution in [-0.4, -0.2) is 18.3 Å². The molecule has 0 aromatic heterocycles. The van der Waals surface area contributed by atoms with Crippen LogP contribution in [0.5, 0.6) is 0 Å². The summed E-state index contributed by atoms with van der Waals surface area (Å²) in [6.07, 6.45) is 1.98. The van der Waals surface area contributed by atoms with Gasteiger partial charge in [-0.1, -0.05) is 23.7 Å². The van der Waals surface area contributed by atoms with Crippen molar-refractivity contribution in [3.05, 3.63) is 34.9 Å². The van der Waals surface area contributed by atoms with Crippen molar-refractivity contribution >= 4 is 11.6 Å². The predicted octanol–water partition coefficient (Wildman–Crippen LogP) is 2.15. The summed E-state index contributed by atoms with van der Waals surface area (Å²) in [5.41, 5.74) is 6.94. The van der Waals surface area contributed by atoms with E-state index in [1.54, 1.807) is 0 Å². The van der Waals surface area contributed by atoms with Crippen LogP contribution in [0.1, 0.15) is 24.3 Å². The van der Waals surface area contributed by atoms with Gasteiger partial charge in [0.15, 0.2) is 0 Å². The molecule has 82 valence electrons. The summed E-state index contributed by atoms with van der Waals surface area (Å²) in [6, 6.07) is 7.95. The van der Waals surface area contributed by atoms with Gasteiger partial charge in [0.1, 0.15) is 0 Å². The van der Waals surface area contributed by atoms with Gasteiger partial charge in [-0.05, 0) is 36.5 Å². The SMILES string of the molecule is NCC1(CO)CC(c2ccc(Cl)cc2)C1. The topological polar surface area (TPSA) is 46.2 Å². The number of benzene rings is 1. The molecule has 0 saturated heterocycles. The molecule has 3 heteroatoms. The quantitative estimate of drug-likeness (QED) is 0.828. The van der Waals surface area contributed by atoms with E-state index in [0.717, 1.165) is 17.9 Å². The Balaban J connectivity index is 2.02. The lowest BCUT2D eigenvalue weighted by Crippen LogP contribution is -2.44. The Bertz CT molecular complexity index is 324. The third-order valence-corrected chi connectivity index (χ3v) is 3.72. The van der Waals surface area contributed by atoms with E-state index >= 15 is 0 Å². The highest BCUT2D eigenvalue weighted by Crippen LogP contribution is 2.50. The molecule has 1 aromatic rings. The zero-order valence-corrected chi connectivity index (χ0v) is 9.37. The van der Waals surface area contributed by atoms with Crippen LogP contribution < -0.4 is 5.73 Å². The second kappa shape index (κ2) is 4.12. The van der Waals surface area contributed by atoms with E-state index in [1.165, 1.54) is 5.56 Å². The Hall–Kier alpha value is -0.570. The summed E-state index contributed by atoms with van der Waals surface area (Å²) in [6.45, 7) is 0.779. The summed E-state index contributed by atoms with van der Waals surface area (Å²) in [5, 5.41) is 10.0. The molecule has 0 atom stereocenters. The fraction of sp³-hybridized carbons (Fsp3) is 0.500. The molecular weight excluding hydrogens is 210 g/mol. The average Bonchev–Trinajstić information content (AvgIpc) is 2.20. The van der Waals surface area contributed by atoms with Crippen molar-refractivity contribution in [2.24, 2.45) is 11.1 Å². The van der Waals surface area contributed by atoms with Crippen molar-refractivity contribution in [3.8, 4) is 0 Å². The first-order valence-corrected chi connectivity index (χ1v) is 5.63. The minimum Gasteiger partial charge on any atom is -0.396 e. The van der Waals surface area contributed by atoms with Gasteiger partial charge in [-0.2, -0.15) is 0 Å². The number of aliphatic hydroxyl groups excluding tert-OH is 1. The van der Waals surface area contributed by atoms with Crippen molar-refractivity contribution in [2.45, 2.75) is 18.8 Å². The Morgan fingerprint density at radius 2 is 1.93 bits per heavy atom. The molecule has 0 aliphatic heterocycles. The molecule has 1 fully saturated rings. The highest BCUT2D eigenvalue weighted by Gasteiger charge is 2.43. The first-order chi connectivity index (χ1) is 7.19. The van der Waals surface area contributed by atoms with Crippen molar-refractivity contribution in [1.82, 2.24) is 0 Å². The first-order valence-electron chi connectivity index (χ1n) is 5.25. The monoisotopic (exact) mass is 225 g/mol. The van der Waals surface area contributed by atoms with E-state index < -0.39 is 0 Å². The van der Waals surface area contributed by atoms with Gasteiger partial charge in [-0.3, -0.25) is 0 Å². The van der Waals surface area contributed by atoms with Crippen molar-refractivity contribution < 1.29 is 5.11 Å². The maximum Gasteiger partial charge on any atom is 0.0499 e. The zero-order chi connectivity index (χ0) is 10.9.